The van der Waals surface area contributed by atoms with Crippen molar-refractivity contribution in [3.63, 3.8) is 0 Å². The number of hydrogen-bond acceptors (Lipinski definition) is 3. The molecule has 16 heavy (non-hydrogen) atoms. The van der Waals surface area contributed by atoms with E-state index in [1.165, 1.54) is 6.07 Å². The molecule has 1 N–H and O–H groups in total. The number of carboxylic acid groups (broad SMARTS) is 1. The summed E-state index contributed by atoms with van der Waals surface area (Å²) in [7, 11) is 0. The maximum absolute atomic E-state index is 10.9. The molecule has 1 saturated carbocycles. The largest absolute Gasteiger partial charge is 0.481 e. The van der Waals surface area contributed by atoms with Gasteiger partial charge in [-0.3, -0.25) is 14.9 Å². The molecule has 0 radical (unpaired) electrons. The number of benzene rings is 1. The lowest BCUT2D eigenvalue weighted by atomic mass is 10.0. The van der Waals surface area contributed by atoms with Crippen LogP contribution in [0, 0.1) is 22.0 Å². The lowest BCUT2D eigenvalue weighted by Gasteiger charge is -2.05. The molecule has 1 fully saturated rings. The highest BCUT2D eigenvalue weighted by molar-refractivity contribution is 5.78. The van der Waals surface area contributed by atoms with Gasteiger partial charge in [-0.1, -0.05) is 12.1 Å². The van der Waals surface area contributed by atoms with Crippen molar-refractivity contribution in [3.8, 4) is 0 Å². The first-order chi connectivity index (χ1) is 7.61. The minimum atomic E-state index is -0.785. The summed E-state index contributed by atoms with van der Waals surface area (Å²) in [6.45, 7) is 0. The lowest BCUT2D eigenvalue weighted by molar-refractivity contribution is -0.385. The fourth-order valence-corrected chi connectivity index (χ4v) is 2.92. The van der Waals surface area contributed by atoms with Gasteiger partial charge in [0, 0.05) is 17.5 Å². The second-order valence-electron chi connectivity index (χ2n) is 4.36. The second kappa shape index (κ2) is 2.81. The molecule has 0 amide bonds. The molecule has 1 aromatic rings. The SMILES string of the molecule is O=C(O)C1C2Cc3c(cccc3[N+](=O)[O-])C21. The molecule has 0 spiro atoms. The average Bonchev–Trinajstić information content (AvgIpc) is 2.82. The van der Waals surface area contributed by atoms with E-state index < -0.39 is 5.97 Å². The average molecular weight is 219 g/mol. The van der Waals surface area contributed by atoms with E-state index in [1.54, 1.807) is 6.07 Å². The van der Waals surface area contributed by atoms with Crippen LogP contribution < -0.4 is 0 Å². The maximum Gasteiger partial charge on any atom is 0.307 e. The van der Waals surface area contributed by atoms with E-state index in [0.29, 0.717) is 6.42 Å². The molecule has 0 aliphatic heterocycles. The first kappa shape index (κ1) is 9.33. The maximum atomic E-state index is 10.9. The van der Waals surface area contributed by atoms with E-state index in [-0.39, 0.29) is 28.4 Å². The Morgan fingerprint density at radius 2 is 2.25 bits per heavy atom. The third-order valence-electron chi connectivity index (χ3n) is 3.64. The predicted octanol–water partition coefficient (Wildman–Crippen LogP) is 1.57. The van der Waals surface area contributed by atoms with E-state index in [1.807, 2.05) is 6.07 Å². The number of carbonyl (C=O) groups is 1. The summed E-state index contributed by atoms with van der Waals surface area (Å²) < 4.78 is 0. The molecular weight excluding hydrogens is 210 g/mol. The molecule has 0 heterocycles. The quantitative estimate of drug-likeness (QED) is 0.604. The zero-order chi connectivity index (χ0) is 11.4. The van der Waals surface area contributed by atoms with Crippen LogP contribution in [0.3, 0.4) is 0 Å². The second-order valence-corrected chi connectivity index (χ2v) is 4.36. The van der Waals surface area contributed by atoms with Gasteiger partial charge in [0.15, 0.2) is 0 Å². The van der Waals surface area contributed by atoms with Gasteiger partial charge in [0.1, 0.15) is 0 Å². The summed E-state index contributed by atoms with van der Waals surface area (Å²) in [5, 5.41) is 19.7. The lowest BCUT2D eigenvalue weighted by Crippen LogP contribution is -2.06. The highest BCUT2D eigenvalue weighted by Crippen LogP contribution is 2.62. The fraction of sp³-hybridized carbons (Fsp3) is 0.364. The van der Waals surface area contributed by atoms with Crippen molar-refractivity contribution in [2.24, 2.45) is 11.8 Å². The van der Waals surface area contributed by atoms with Gasteiger partial charge in [-0.25, -0.2) is 0 Å². The van der Waals surface area contributed by atoms with Gasteiger partial charge in [0.25, 0.3) is 5.69 Å². The summed E-state index contributed by atoms with van der Waals surface area (Å²) in [5.74, 6) is -1.03. The Hall–Kier alpha value is -1.91. The summed E-state index contributed by atoms with van der Waals surface area (Å²) in [6, 6.07) is 4.94. The number of carboxylic acids is 1. The number of fused-ring (bicyclic) bond motifs is 3. The van der Waals surface area contributed by atoms with Crippen LogP contribution in [0.15, 0.2) is 18.2 Å². The van der Waals surface area contributed by atoms with Crippen LogP contribution >= 0.6 is 0 Å². The van der Waals surface area contributed by atoms with Crippen LogP contribution in [-0.4, -0.2) is 16.0 Å². The molecule has 2 aliphatic rings. The molecule has 0 bridgehead atoms. The van der Waals surface area contributed by atoms with Gasteiger partial charge in [-0.15, -0.1) is 0 Å². The van der Waals surface area contributed by atoms with E-state index in [9.17, 15) is 14.9 Å². The van der Waals surface area contributed by atoms with Crippen LogP contribution in [0.25, 0.3) is 0 Å². The van der Waals surface area contributed by atoms with Gasteiger partial charge < -0.3 is 5.11 Å². The molecule has 3 atom stereocenters. The highest BCUT2D eigenvalue weighted by atomic mass is 16.6. The van der Waals surface area contributed by atoms with Crippen molar-refractivity contribution in [1.29, 1.82) is 0 Å². The first-order valence-corrected chi connectivity index (χ1v) is 5.10. The summed E-state index contributed by atoms with van der Waals surface area (Å²) in [5.41, 5.74) is 1.74. The molecule has 3 rings (SSSR count). The predicted molar refractivity (Wildman–Crippen MR) is 54.2 cm³/mol. The van der Waals surface area contributed by atoms with Crippen LogP contribution in [0.4, 0.5) is 5.69 Å². The smallest absolute Gasteiger partial charge is 0.307 e. The topological polar surface area (TPSA) is 80.4 Å². The Kier molecular flexibility index (Phi) is 1.64. The van der Waals surface area contributed by atoms with Crippen molar-refractivity contribution in [2.45, 2.75) is 12.3 Å². The molecule has 82 valence electrons. The molecule has 3 unspecified atom stereocenters. The number of aliphatic carboxylic acids is 1. The molecule has 0 saturated heterocycles. The number of nitro groups is 1. The van der Waals surface area contributed by atoms with E-state index in [2.05, 4.69) is 0 Å². The van der Waals surface area contributed by atoms with Crippen molar-refractivity contribution < 1.29 is 14.8 Å². The van der Waals surface area contributed by atoms with Gasteiger partial charge in [0.2, 0.25) is 0 Å². The van der Waals surface area contributed by atoms with E-state index in [0.717, 1.165) is 11.1 Å². The van der Waals surface area contributed by atoms with E-state index >= 15 is 0 Å². The third kappa shape index (κ3) is 1.02. The van der Waals surface area contributed by atoms with Gasteiger partial charge in [-0.05, 0) is 17.9 Å². The Balaban J connectivity index is 2.03. The minimum Gasteiger partial charge on any atom is -0.481 e. The zero-order valence-electron chi connectivity index (χ0n) is 8.29. The van der Waals surface area contributed by atoms with Crippen LogP contribution in [0.5, 0.6) is 0 Å². The van der Waals surface area contributed by atoms with Crippen LogP contribution in [0.2, 0.25) is 0 Å². The number of nitro benzene ring substituents is 1. The van der Waals surface area contributed by atoms with Crippen molar-refractivity contribution in [1.82, 2.24) is 0 Å². The fourth-order valence-electron chi connectivity index (χ4n) is 2.92. The summed E-state index contributed by atoms with van der Waals surface area (Å²) >= 11 is 0. The molecule has 0 aromatic heterocycles. The number of nitrogens with zero attached hydrogens (tertiary/aromatic N) is 1. The molecule has 2 aliphatic carbocycles. The monoisotopic (exact) mass is 219 g/mol. The van der Waals surface area contributed by atoms with Gasteiger partial charge in [0.05, 0.1) is 10.8 Å². The zero-order valence-corrected chi connectivity index (χ0v) is 8.29. The summed E-state index contributed by atoms with van der Waals surface area (Å²) in [6.07, 6.45) is 0.536. The van der Waals surface area contributed by atoms with Crippen LogP contribution in [-0.2, 0) is 11.2 Å². The molecule has 5 nitrogen and oxygen atoms in total. The van der Waals surface area contributed by atoms with Crippen molar-refractivity contribution in [3.05, 3.63) is 39.4 Å². The third-order valence-corrected chi connectivity index (χ3v) is 3.64. The van der Waals surface area contributed by atoms with Crippen molar-refractivity contribution in [2.75, 3.05) is 0 Å². The Morgan fingerprint density at radius 1 is 1.50 bits per heavy atom. The first-order valence-electron chi connectivity index (χ1n) is 5.10. The number of rotatable bonds is 2. The Labute approximate surface area is 90.9 Å². The van der Waals surface area contributed by atoms with Gasteiger partial charge in [-0.2, -0.15) is 0 Å². The molecule has 5 heteroatoms. The van der Waals surface area contributed by atoms with Crippen molar-refractivity contribution >= 4 is 11.7 Å². The van der Waals surface area contributed by atoms with E-state index in [4.69, 9.17) is 5.11 Å². The van der Waals surface area contributed by atoms with Gasteiger partial charge >= 0.3 is 5.97 Å². The number of hydrogen-bond donors (Lipinski definition) is 1. The normalized spacial score (nSPS) is 29.4. The minimum absolute atomic E-state index is 0.00685. The molecule has 1 aromatic carbocycles. The van der Waals surface area contributed by atoms with Crippen LogP contribution in [0.1, 0.15) is 17.0 Å². The summed E-state index contributed by atoms with van der Waals surface area (Å²) in [4.78, 5) is 21.3. The molecular formula is C11H9NO4. The Morgan fingerprint density at radius 3 is 2.88 bits per heavy atom. The Bertz CT molecular complexity index is 511. The standard InChI is InChI=1S/C11H9NO4/c13-11(14)10-7-4-6-5(9(7)10)2-1-3-8(6)12(15)16/h1-3,7,9-10H,4H2,(H,13,14). The highest BCUT2D eigenvalue weighted by Gasteiger charge is 2.60.